The number of nitrogens with two attached hydrogens (primary N) is 1. The molecule has 2 aromatic heterocycles. The number of halogens is 4. The van der Waals surface area contributed by atoms with Gasteiger partial charge in [-0.25, -0.2) is 4.98 Å². The molecule has 0 unspecified atom stereocenters. The van der Waals surface area contributed by atoms with E-state index >= 15 is 0 Å². The van der Waals surface area contributed by atoms with Crippen LogP contribution >= 0.6 is 0 Å². The number of aromatic nitrogens is 4. The van der Waals surface area contributed by atoms with E-state index in [9.17, 15) is 17.6 Å². The minimum atomic E-state index is -4.80. The first kappa shape index (κ1) is 20.4. The van der Waals surface area contributed by atoms with Gasteiger partial charge in [0.25, 0.3) is 0 Å². The van der Waals surface area contributed by atoms with Crippen LogP contribution in [0.5, 0.6) is 5.75 Å². The van der Waals surface area contributed by atoms with Crippen molar-refractivity contribution in [2.75, 3.05) is 11.1 Å². The van der Waals surface area contributed by atoms with Crippen LogP contribution in [0, 0.1) is 5.82 Å². The van der Waals surface area contributed by atoms with E-state index < -0.39 is 17.9 Å². The summed E-state index contributed by atoms with van der Waals surface area (Å²) in [5.41, 5.74) is 7.50. The van der Waals surface area contributed by atoms with E-state index in [1.165, 1.54) is 12.1 Å². The lowest BCUT2D eigenvalue weighted by Crippen LogP contribution is -2.17. The summed E-state index contributed by atoms with van der Waals surface area (Å²) in [5, 5.41) is 2.71. The van der Waals surface area contributed by atoms with Gasteiger partial charge in [0.1, 0.15) is 11.6 Å². The number of imidazole rings is 1. The number of nitrogen functional groups attached to an aromatic ring is 1. The van der Waals surface area contributed by atoms with E-state index in [1.807, 2.05) is 31.2 Å². The van der Waals surface area contributed by atoms with Crippen LogP contribution in [0.2, 0.25) is 0 Å². The van der Waals surface area contributed by atoms with Gasteiger partial charge in [-0.2, -0.15) is 14.4 Å². The number of rotatable bonds is 5. The predicted octanol–water partition coefficient (Wildman–Crippen LogP) is 4.74. The Hall–Kier alpha value is -3.89. The quantitative estimate of drug-likeness (QED) is 0.443. The second-order valence-electron chi connectivity index (χ2n) is 6.47. The summed E-state index contributed by atoms with van der Waals surface area (Å²) < 4.78 is 57.0. The number of nitrogens with zero attached hydrogens (tertiary/aromatic N) is 4. The van der Waals surface area contributed by atoms with Crippen molar-refractivity contribution in [2.45, 2.75) is 19.7 Å². The summed E-state index contributed by atoms with van der Waals surface area (Å²) in [6.07, 6.45) is -4.24. The first-order chi connectivity index (χ1) is 14.7. The topological polar surface area (TPSA) is 90.9 Å². The van der Waals surface area contributed by atoms with Crippen LogP contribution < -0.4 is 15.8 Å². The molecular weight excluding hydrogens is 416 g/mol. The van der Waals surface area contributed by atoms with E-state index in [-0.39, 0.29) is 23.3 Å². The smallest absolute Gasteiger partial charge is 0.406 e. The molecule has 0 aliphatic rings. The van der Waals surface area contributed by atoms with E-state index in [0.29, 0.717) is 12.2 Å². The molecule has 3 N–H and O–H groups in total. The van der Waals surface area contributed by atoms with Crippen molar-refractivity contribution in [1.82, 2.24) is 19.5 Å². The monoisotopic (exact) mass is 432 g/mol. The SMILES string of the molecule is CCc1nc2ccccc2n1-c1nc(N)c(F)c(Nc2ccc(OC(F)(F)F)cc2)n1. The van der Waals surface area contributed by atoms with E-state index in [1.54, 1.807) is 4.57 Å². The Kier molecular flexibility index (Phi) is 5.09. The molecule has 0 atom stereocenters. The highest BCUT2D eigenvalue weighted by Gasteiger charge is 2.31. The van der Waals surface area contributed by atoms with Crippen molar-refractivity contribution in [1.29, 1.82) is 0 Å². The molecule has 0 fully saturated rings. The van der Waals surface area contributed by atoms with Crippen molar-refractivity contribution in [3.05, 3.63) is 60.2 Å². The third-order valence-corrected chi connectivity index (χ3v) is 4.36. The van der Waals surface area contributed by atoms with Crippen LogP contribution in [0.4, 0.5) is 34.9 Å². The summed E-state index contributed by atoms with van der Waals surface area (Å²) in [6.45, 7) is 1.91. The Labute approximate surface area is 173 Å². The zero-order chi connectivity index (χ0) is 22.2. The van der Waals surface area contributed by atoms with Gasteiger partial charge in [0, 0.05) is 12.1 Å². The third kappa shape index (κ3) is 4.20. The first-order valence-electron chi connectivity index (χ1n) is 9.17. The minimum absolute atomic E-state index is 0.115. The summed E-state index contributed by atoms with van der Waals surface area (Å²) >= 11 is 0. The van der Waals surface area contributed by atoms with Crippen molar-refractivity contribution >= 4 is 28.4 Å². The zero-order valence-corrected chi connectivity index (χ0v) is 16.1. The van der Waals surface area contributed by atoms with Crippen LogP contribution in [-0.4, -0.2) is 25.9 Å². The van der Waals surface area contributed by atoms with Gasteiger partial charge in [-0.1, -0.05) is 19.1 Å². The van der Waals surface area contributed by atoms with Crippen LogP contribution in [-0.2, 0) is 6.42 Å². The Morgan fingerprint density at radius 2 is 1.74 bits per heavy atom. The Balaban J connectivity index is 1.72. The first-order valence-corrected chi connectivity index (χ1v) is 9.17. The van der Waals surface area contributed by atoms with Gasteiger partial charge in [-0.15, -0.1) is 13.2 Å². The van der Waals surface area contributed by atoms with Gasteiger partial charge in [-0.05, 0) is 36.4 Å². The number of benzene rings is 2. The van der Waals surface area contributed by atoms with Crippen molar-refractivity contribution in [3.63, 3.8) is 0 Å². The van der Waals surface area contributed by atoms with Gasteiger partial charge < -0.3 is 15.8 Å². The average molecular weight is 432 g/mol. The molecule has 2 heterocycles. The predicted molar refractivity (Wildman–Crippen MR) is 107 cm³/mol. The standard InChI is InChI=1S/C20H16F4N6O/c1-2-15-27-13-5-3-4-6-14(13)30(15)19-28-17(25)16(21)18(29-19)26-11-7-9-12(10-8-11)31-20(22,23)24/h3-10H,2H2,1H3,(H3,25,26,28,29). The summed E-state index contributed by atoms with van der Waals surface area (Å²) in [7, 11) is 0. The lowest BCUT2D eigenvalue weighted by molar-refractivity contribution is -0.274. The molecule has 31 heavy (non-hydrogen) atoms. The molecule has 7 nitrogen and oxygen atoms in total. The average Bonchev–Trinajstić information content (AvgIpc) is 3.10. The van der Waals surface area contributed by atoms with Crippen LogP contribution in [0.15, 0.2) is 48.5 Å². The number of hydrogen-bond donors (Lipinski definition) is 2. The van der Waals surface area contributed by atoms with E-state index in [0.717, 1.165) is 23.2 Å². The maximum absolute atomic E-state index is 14.6. The molecule has 0 aliphatic carbocycles. The second-order valence-corrected chi connectivity index (χ2v) is 6.47. The fraction of sp³-hybridized carbons (Fsp3) is 0.150. The maximum atomic E-state index is 14.6. The summed E-state index contributed by atoms with van der Waals surface area (Å²) in [4.78, 5) is 12.8. The summed E-state index contributed by atoms with van der Waals surface area (Å²) in [6, 6.07) is 12.1. The van der Waals surface area contributed by atoms with Gasteiger partial charge in [0.15, 0.2) is 11.6 Å². The molecule has 0 spiro atoms. The van der Waals surface area contributed by atoms with E-state index in [2.05, 4.69) is 25.0 Å². The molecule has 4 rings (SSSR count). The fourth-order valence-corrected chi connectivity index (χ4v) is 3.05. The Morgan fingerprint density at radius 3 is 2.42 bits per heavy atom. The number of fused-ring (bicyclic) bond motifs is 1. The zero-order valence-electron chi connectivity index (χ0n) is 16.1. The van der Waals surface area contributed by atoms with Gasteiger partial charge in [-0.3, -0.25) is 4.57 Å². The van der Waals surface area contributed by atoms with Gasteiger partial charge in [0.05, 0.1) is 11.0 Å². The van der Waals surface area contributed by atoms with Crippen LogP contribution in [0.3, 0.4) is 0 Å². The number of anilines is 3. The minimum Gasteiger partial charge on any atom is -0.406 e. The number of para-hydroxylation sites is 2. The highest BCUT2D eigenvalue weighted by molar-refractivity contribution is 5.77. The Bertz CT molecular complexity index is 1240. The molecule has 11 heteroatoms. The molecule has 4 aromatic rings. The highest BCUT2D eigenvalue weighted by atomic mass is 19.4. The molecular formula is C20H16F4N6O. The Morgan fingerprint density at radius 1 is 1.03 bits per heavy atom. The largest absolute Gasteiger partial charge is 0.573 e. The lowest BCUT2D eigenvalue weighted by Gasteiger charge is -2.13. The molecule has 0 aliphatic heterocycles. The van der Waals surface area contributed by atoms with Crippen molar-refractivity contribution in [2.24, 2.45) is 0 Å². The molecule has 0 radical (unpaired) electrons. The third-order valence-electron chi connectivity index (χ3n) is 4.36. The molecule has 0 amide bonds. The second kappa shape index (κ2) is 7.74. The molecule has 0 bridgehead atoms. The fourth-order valence-electron chi connectivity index (χ4n) is 3.05. The normalized spacial score (nSPS) is 11.6. The number of alkyl halides is 3. The molecule has 0 saturated carbocycles. The number of aryl methyl sites for hydroxylation is 1. The van der Waals surface area contributed by atoms with Crippen molar-refractivity contribution < 1.29 is 22.3 Å². The van der Waals surface area contributed by atoms with Gasteiger partial charge >= 0.3 is 6.36 Å². The molecule has 160 valence electrons. The molecule has 0 saturated heterocycles. The van der Waals surface area contributed by atoms with Crippen LogP contribution in [0.1, 0.15) is 12.7 Å². The van der Waals surface area contributed by atoms with Crippen LogP contribution in [0.25, 0.3) is 17.0 Å². The molecule has 2 aromatic carbocycles. The number of hydrogen-bond acceptors (Lipinski definition) is 6. The lowest BCUT2D eigenvalue weighted by atomic mass is 10.3. The maximum Gasteiger partial charge on any atom is 0.573 e. The van der Waals surface area contributed by atoms with Crippen molar-refractivity contribution in [3.8, 4) is 11.7 Å². The summed E-state index contributed by atoms with van der Waals surface area (Å²) in [5.74, 6) is -1.13. The highest BCUT2D eigenvalue weighted by Crippen LogP contribution is 2.28. The van der Waals surface area contributed by atoms with E-state index in [4.69, 9.17) is 5.73 Å². The number of nitrogens with one attached hydrogen (secondary N) is 1. The van der Waals surface area contributed by atoms with Gasteiger partial charge in [0.2, 0.25) is 11.8 Å². The number of ether oxygens (including phenoxy) is 1.